The van der Waals surface area contributed by atoms with E-state index in [0.29, 0.717) is 73.7 Å². The molecule has 14 rings (SSSR count). The van der Waals surface area contributed by atoms with Gasteiger partial charge in [-0.15, -0.1) is 0 Å². The van der Waals surface area contributed by atoms with E-state index in [0.717, 1.165) is 18.4 Å². The third-order valence-corrected chi connectivity index (χ3v) is 27.5. The molecule has 0 radical (unpaired) electrons. The molecule has 0 saturated heterocycles. The third kappa shape index (κ3) is 31.8. The Morgan fingerprint density at radius 3 is 0.962 bits per heavy atom. The van der Waals surface area contributed by atoms with Crippen molar-refractivity contribution in [2.45, 2.75) is 123 Å². The molecule has 7 heterocycles. The molecule has 0 bridgehead atoms. The fourth-order valence-corrected chi connectivity index (χ4v) is 18.9. The van der Waals surface area contributed by atoms with Crippen LogP contribution in [0.15, 0.2) is 254 Å². The van der Waals surface area contributed by atoms with Crippen LogP contribution in [0.1, 0.15) is 78.6 Å². The summed E-state index contributed by atoms with van der Waals surface area (Å²) in [6.07, 6.45) is 1.97. The Morgan fingerprint density at radius 1 is 0.321 bits per heavy atom. The molecule has 0 unspecified atom stereocenters. The van der Waals surface area contributed by atoms with Crippen molar-refractivity contribution in [2.24, 2.45) is 0 Å². The normalized spacial score (nSPS) is 11.4. The van der Waals surface area contributed by atoms with Crippen molar-refractivity contribution < 1.29 is 100 Å². The van der Waals surface area contributed by atoms with Gasteiger partial charge in [-0.3, -0.25) is 42.6 Å². The Labute approximate surface area is 776 Å². The molecule has 131 heavy (non-hydrogen) atoms. The topological polar surface area (TPSA) is 616 Å². The Kier molecular flexibility index (Phi) is 35.7. The third-order valence-electron chi connectivity index (χ3n) is 16.1. The molecular weight excluding hydrogens is 1960 g/mol. The van der Waals surface area contributed by atoms with Crippen LogP contribution in [0.4, 0.5) is 63.5 Å². The van der Waals surface area contributed by atoms with Crippen molar-refractivity contribution in [3.63, 3.8) is 0 Å². The Morgan fingerprint density at radius 2 is 0.634 bits per heavy atom. The molecule has 7 aromatic heterocycles. The van der Waals surface area contributed by atoms with Crippen LogP contribution in [-0.4, -0.2) is 107 Å². The minimum absolute atomic E-state index is 0.00218. The van der Waals surface area contributed by atoms with Crippen LogP contribution in [-0.2, 0) is 86.2 Å². The van der Waals surface area contributed by atoms with E-state index in [9.17, 15) is 68.5 Å². The second-order valence-corrected chi connectivity index (χ2v) is 40.9. The van der Waals surface area contributed by atoms with Crippen molar-refractivity contribution in [2.75, 3.05) is 55.2 Å². The highest BCUT2D eigenvalue weighted by atomic mass is 35.5. The second kappa shape index (κ2) is 45.2. The number of hydrogen-bond donors (Lipinski definition) is 11. The minimum Gasteiger partial charge on any atom is -0.399 e. The molecule has 698 valence electrons. The first-order valence-electron chi connectivity index (χ1n) is 37.2. The zero-order chi connectivity index (χ0) is 96.7. The molecule has 41 nitrogen and oxygen atoms in total. The minimum atomic E-state index is -3.84. The first-order chi connectivity index (χ1) is 61.3. The smallest absolute Gasteiger partial charge is 0.264 e. The summed E-state index contributed by atoms with van der Waals surface area (Å²) in [5.41, 5.74) is 14.3. The number of carbonyl (C=O) groups is 2. The molecule has 0 spiro atoms. The number of nitrogens with two attached hydrogens (primary N) is 2. The van der Waals surface area contributed by atoms with Crippen LogP contribution >= 0.6 is 58.0 Å². The number of aromatic nitrogens is 7. The van der Waals surface area contributed by atoms with E-state index in [2.05, 4.69) is 86.7 Å². The number of nitrogens with one attached hydrogen (secondary N) is 9. The van der Waals surface area contributed by atoms with Gasteiger partial charge < -0.3 is 53.8 Å². The van der Waals surface area contributed by atoms with Gasteiger partial charge in [0.15, 0.2) is 40.7 Å². The standard InChI is InChI=1S/C13H16N2O3S.C12H12ClN3O4S.C12H13N3O4S.C11H11ClN2O3S.C10H8Cl2N2O3S.C10H10ClN3O3S.C10H11N3O3S/c1-3-4-11-5-7-12(8-6-11)19(16,17)15-13-9-10(2)18-14-13;1-7-5-12(15-20-7)16-21(18,19)9-3-4-11(10(13)6-9)14-8(2)17;1-8-7-12(14-19-8)15-20(17,18)11-5-3-10(4-6-11)13-9(2)16;1-7-6-11(13-17-7)14-18(15,16)10-5-3-4-9(12)8(10)2;1-6-4-10(13-17-6)14-18(15,16)9-5-7(11)2-3-8(9)12;1-6-4-10(13-17-6)14-18(15,16)7-2-3-9(12)8(11)5-7;1-7-6-10(12-16-7)13-17(14,15)9-4-2-8(11)3-5-9/h5-9H,3-4H2,1-2H3,(H,14,15);3-6H,1-2H3,(H,14,17)(H,15,16);3-7H,1-2H3,(H,13,16)(H,14,15);3-6H,1-2H3,(H,13,14);2-5H,1H3,(H,13,14);2-5H,12H2,1H3,(H,13,14);2-6H,11H2,1H3,(H,12,13). The molecule has 7 aromatic carbocycles. The van der Waals surface area contributed by atoms with E-state index >= 15 is 0 Å². The lowest BCUT2D eigenvalue weighted by atomic mass is 10.1. The fraction of sp³-hybridized carbons (Fsp3) is 0.167. The Balaban J connectivity index is 0.000000189. The molecule has 0 aliphatic heterocycles. The maximum atomic E-state index is 12.2. The monoisotopic (exact) mass is 2040 g/mol. The van der Waals surface area contributed by atoms with Gasteiger partial charge in [0.05, 0.1) is 55.8 Å². The van der Waals surface area contributed by atoms with E-state index in [1.54, 1.807) is 79.7 Å². The highest BCUT2D eigenvalue weighted by molar-refractivity contribution is 7.94. The van der Waals surface area contributed by atoms with E-state index in [1.807, 2.05) is 12.1 Å². The molecule has 0 aliphatic carbocycles. The number of benzene rings is 7. The molecule has 0 aliphatic rings. The van der Waals surface area contributed by atoms with Gasteiger partial charge in [0, 0.05) is 77.7 Å². The Hall–Kier alpha value is -12.8. The summed E-state index contributed by atoms with van der Waals surface area (Å²) in [5, 5.41) is 31.0. The van der Waals surface area contributed by atoms with Gasteiger partial charge in [0.25, 0.3) is 70.2 Å². The first kappa shape index (κ1) is 104. The zero-order valence-corrected chi connectivity index (χ0v) is 79.7. The zero-order valence-electron chi connectivity index (χ0n) is 70.2. The number of anilines is 11. The van der Waals surface area contributed by atoms with Gasteiger partial charge in [-0.2, -0.15) is 0 Å². The van der Waals surface area contributed by atoms with Crippen LogP contribution in [0.3, 0.4) is 0 Å². The largest absolute Gasteiger partial charge is 0.399 e. The number of halogens is 5. The summed E-state index contributed by atoms with van der Waals surface area (Å²) in [7, 11) is -26.1. The molecule has 53 heteroatoms. The number of carbonyl (C=O) groups excluding carboxylic acids is 2. The van der Waals surface area contributed by atoms with Gasteiger partial charge in [-0.25, -0.2) is 58.9 Å². The summed E-state index contributed by atoms with van der Waals surface area (Å²) in [4.78, 5) is 22.2. The van der Waals surface area contributed by atoms with Crippen LogP contribution in [0.2, 0.25) is 25.1 Å². The molecule has 0 fully saturated rings. The van der Waals surface area contributed by atoms with E-state index < -0.39 is 70.2 Å². The number of nitrogen functional groups attached to an aromatic ring is 2. The fourth-order valence-electron chi connectivity index (χ4n) is 10.2. The van der Waals surface area contributed by atoms with Crippen molar-refractivity contribution in [3.8, 4) is 0 Å². The number of hydrogen-bond acceptors (Lipinski definition) is 32. The summed E-state index contributed by atoms with van der Waals surface area (Å²) in [6, 6.07) is 45.8. The van der Waals surface area contributed by atoms with Crippen molar-refractivity contribution >= 4 is 203 Å². The molecule has 0 atom stereocenters. The average Bonchev–Trinajstić information content (AvgIpc) is 1.80. The highest BCUT2D eigenvalue weighted by Crippen LogP contribution is 2.32. The predicted octanol–water partition coefficient (Wildman–Crippen LogP) is 16.1. The predicted molar refractivity (Wildman–Crippen MR) is 491 cm³/mol. The molecule has 14 aromatic rings. The lowest BCUT2D eigenvalue weighted by Gasteiger charge is -2.08. The van der Waals surface area contributed by atoms with E-state index in [-0.39, 0.29) is 107 Å². The van der Waals surface area contributed by atoms with Gasteiger partial charge >= 0.3 is 0 Å². The molecule has 2 amide bonds. The molecule has 13 N–H and O–H groups in total. The van der Waals surface area contributed by atoms with Crippen molar-refractivity contribution in [3.05, 3.63) is 265 Å². The number of nitrogens with zero attached hydrogens (tertiary/aromatic N) is 7. The van der Waals surface area contributed by atoms with Crippen LogP contribution in [0.25, 0.3) is 0 Å². The van der Waals surface area contributed by atoms with Crippen molar-refractivity contribution in [1.29, 1.82) is 0 Å². The summed E-state index contributed by atoms with van der Waals surface area (Å²) >= 11 is 29.2. The summed E-state index contributed by atoms with van der Waals surface area (Å²) in [6.45, 7) is 18.1. The number of amides is 2. The maximum Gasteiger partial charge on any atom is 0.264 e. The van der Waals surface area contributed by atoms with Gasteiger partial charge in [-0.05, 0) is 200 Å². The maximum absolute atomic E-state index is 12.2. The average molecular weight is 2040 g/mol. The summed E-state index contributed by atoms with van der Waals surface area (Å²) in [5.74, 6) is 3.93. The van der Waals surface area contributed by atoms with Crippen LogP contribution < -0.4 is 55.2 Å². The van der Waals surface area contributed by atoms with Gasteiger partial charge in [0.2, 0.25) is 11.8 Å². The highest BCUT2D eigenvalue weighted by Gasteiger charge is 2.26. The SMILES string of the molecule is CC(=O)Nc1ccc(S(=O)(=O)Nc2cc(C)on2)cc1.CC(=O)Nc1ccc(S(=O)(=O)Nc2cc(C)on2)cc1Cl.CCCc1ccc(S(=O)(=O)Nc2cc(C)on2)cc1.Cc1cc(NS(=O)(=O)c2cc(Cl)ccc2Cl)no1.Cc1cc(NS(=O)(=O)c2ccc(N)c(Cl)c2)no1.Cc1cc(NS(=O)(=O)c2ccc(N)cc2)no1.Cc1cc(NS(=O)(=O)c2cccc(Cl)c2C)no1. The lowest BCUT2D eigenvalue weighted by molar-refractivity contribution is -0.115. The number of rotatable bonds is 25. The van der Waals surface area contributed by atoms with E-state index in [4.69, 9.17) is 101 Å². The van der Waals surface area contributed by atoms with Gasteiger partial charge in [0.1, 0.15) is 45.2 Å². The second-order valence-electron chi connectivity index (χ2n) is 27.1. The van der Waals surface area contributed by atoms with Crippen LogP contribution in [0.5, 0.6) is 0 Å². The number of aryl methyl sites for hydroxylation is 8. The number of sulfonamides is 7. The van der Waals surface area contributed by atoms with E-state index in [1.165, 1.54) is 166 Å². The van der Waals surface area contributed by atoms with Crippen molar-refractivity contribution in [1.82, 2.24) is 36.1 Å². The molecule has 0 saturated carbocycles. The quantitative estimate of drug-likeness (QED) is 0.0237. The van der Waals surface area contributed by atoms with Gasteiger partial charge in [-0.1, -0.05) is 126 Å². The lowest BCUT2D eigenvalue weighted by Crippen LogP contribution is -2.14. The molecular formula is C78H81Cl5N18O23S7. The summed E-state index contributed by atoms with van der Waals surface area (Å²) < 4.78 is 218. The Bertz CT molecular complexity index is 7140. The first-order valence-corrected chi connectivity index (χ1v) is 49.4. The van der Waals surface area contributed by atoms with Crippen LogP contribution in [0, 0.1) is 55.4 Å².